The Bertz CT molecular complexity index is 551. The lowest BCUT2D eigenvalue weighted by atomic mass is 10.0. The molecule has 0 aliphatic carbocycles. The van der Waals surface area contributed by atoms with E-state index in [-0.39, 0.29) is 0 Å². The summed E-state index contributed by atoms with van der Waals surface area (Å²) in [6.45, 7) is 0. The molecular weight excluding hydrogens is 320 g/mol. The van der Waals surface area contributed by atoms with Crippen LogP contribution in [0.15, 0.2) is 69.1 Å². The lowest BCUT2D eigenvalue weighted by Gasteiger charge is -2.31. The number of thiol groups is 2. The molecule has 1 aliphatic heterocycles. The van der Waals surface area contributed by atoms with Crippen LogP contribution in [0.25, 0.3) is 0 Å². The third-order valence-electron chi connectivity index (χ3n) is 3.19. The molecule has 0 N–H and O–H groups in total. The van der Waals surface area contributed by atoms with Crippen LogP contribution < -0.4 is 0 Å². The van der Waals surface area contributed by atoms with Gasteiger partial charge in [0.05, 0.1) is 19.0 Å². The fraction of sp³-hybridized carbons (Fsp3) is 0.125. The highest BCUT2D eigenvalue weighted by molar-refractivity contribution is 8.23. The van der Waals surface area contributed by atoms with E-state index in [1.54, 1.807) is 23.5 Å². The molecule has 1 heterocycles. The number of hydrogen-bond acceptors (Lipinski definition) is 4. The van der Waals surface area contributed by atoms with Crippen LogP contribution in [0.2, 0.25) is 0 Å². The monoisotopic (exact) mass is 334 g/mol. The molecule has 20 heavy (non-hydrogen) atoms. The molecule has 0 amide bonds. The van der Waals surface area contributed by atoms with Crippen LogP contribution in [-0.4, -0.2) is 0 Å². The van der Waals surface area contributed by atoms with Crippen LogP contribution in [0.1, 0.15) is 21.6 Å². The van der Waals surface area contributed by atoms with E-state index in [4.69, 9.17) is 0 Å². The van der Waals surface area contributed by atoms with Gasteiger partial charge in [0.15, 0.2) is 0 Å². The van der Waals surface area contributed by atoms with Gasteiger partial charge in [-0.25, -0.2) is 0 Å². The highest BCUT2D eigenvalue weighted by Gasteiger charge is 2.31. The summed E-state index contributed by atoms with van der Waals surface area (Å²) in [5, 5.41) is 0.735. The molecule has 0 fully saturated rings. The molecule has 4 heteroatoms. The van der Waals surface area contributed by atoms with Gasteiger partial charge >= 0.3 is 0 Å². The fourth-order valence-corrected chi connectivity index (χ4v) is 5.69. The Morgan fingerprint density at radius 2 is 0.950 bits per heavy atom. The van der Waals surface area contributed by atoms with Crippen LogP contribution in [0, 0.1) is 0 Å². The highest BCUT2D eigenvalue weighted by atomic mass is 32.2. The summed E-state index contributed by atoms with van der Waals surface area (Å²) in [4.78, 5) is 0. The van der Waals surface area contributed by atoms with E-state index in [2.05, 4.69) is 85.9 Å². The number of hydrogen-bond donors (Lipinski definition) is 2. The van der Waals surface area contributed by atoms with Gasteiger partial charge in [-0.1, -0.05) is 60.7 Å². The van der Waals surface area contributed by atoms with Crippen molar-refractivity contribution in [1.29, 1.82) is 0 Å². The summed E-state index contributed by atoms with van der Waals surface area (Å²) >= 11 is 12.7. The number of thioether (sulfide) groups is 2. The Kier molecular flexibility index (Phi) is 4.76. The quantitative estimate of drug-likeness (QED) is 0.653. The van der Waals surface area contributed by atoms with Crippen molar-refractivity contribution in [3.63, 3.8) is 0 Å². The average Bonchev–Trinajstić information content (AvgIpc) is 2.51. The van der Waals surface area contributed by atoms with Crippen molar-refractivity contribution in [2.45, 2.75) is 10.5 Å². The van der Waals surface area contributed by atoms with Crippen molar-refractivity contribution < 1.29 is 0 Å². The first-order valence-electron chi connectivity index (χ1n) is 6.31. The zero-order chi connectivity index (χ0) is 13.9. The minimum absolute atomic E-state index is 0.368. The largest absolute Gasteiger partial charge is 0.135 e. The Hall–Kier alpha value is -0.420. The van der Waals surface area contributed by atoms with Crippen LogP contribution in [0.5, 0.6) is 0 Å². The molecule has 2 unspecified atom stereocenters. The van der Waals surface area contributed by atoms with Crippen molar-refractivity contribution >= 4 is 48.8 Å². The molecule has 2 atom stereocenters. The predicted molar refractivity (Wildman–Crippen MR) is 98.5 cm³/mol. The second kappa shape index (κ2) is 6.56. The zero-order valence-corrected chi connectivity index (χ0v) is 14.1. The molecule has 0 nitrogen and oxygen atoms in total. The van der Waals surface area contributed by atoms with E-state index in [1.807, 2.05) is 0 Å². The minimum atomic E-state index is 0.368. The van der Waals surface area contributed by atoms with Crippen molar-refractivity contribution in [2.24, 2.45) is 0 Å². The normalized spacial score (nSPS) is 22.9. The van der Waals surface area contributed by atoms with Gasteiger partial charge in [-0.2, -0.15) is 0 Å². The number of benzene rings is 2. The molecule has 0 saturated heterocycles. The molecule has 2 aromatic carbocycles. The van der Waals surface area contributed by atoms with Gasteiger partial charge in [0.2, 0.25) is 0 Å². The first-order chi connectivity index (χ1) is 9.75. The minimum Gasteiger partial charge on any atom is -0.135 e. The van der Waals surface area contributed by atoms with Crippen LogP contribution in [0.3, 0.4) is 0 Å². The van der Waals surface area contributed by atoms with Crippen LogP contribution in [-0.2, 0) is 0 Å². The molecule has 0 bridgehead atoms. The van der Waals surface area contributed by atoms with Gasteiger partial charge in [0, 0.05) is 0 Å². The highest BCUT2D eigenvalue weighted by Crippen LogP contribution is 2.59. The standard InChI is InChI=1S/C16H14S4/c17-15-16(18)20-14(12-9-5-2-6-10-12)13(19-15)11-7-3-1-4-8-11/h1-10,13-14,17-18H. The van der Waals surface area contributed by atoms with Crippen molar-refractivity contribution in [2.75, 3.05) is 0 Å². The van der Waals surface area contributed by atoms with Crippen molar-refractivity contribution in [1.82, 2.24) is 0 Å². The van der Waals surface area contributed by atoms with E-state index < -0.39 is 0 Å². The Morgan fingerprint density at radius 3 is 1.30 bits per heavy atom. The third-order valence-corrected chi connectivity index (χ3v) is 7.50. The number of rotatable bonds is 2. The van der Waals surface area contributed by atoms with E-state index in [1.165, 1.54) is 11.1 Å². The third kappa shape index (κ3) is 3.08. The predicted octanol–water partition coefficient (Wildman–Crippen LogP) is 5.94. The molecular formula is C16H14S4. The second-order valence-electron chi connectivity index (χ2n) is 4.51. The van der Waals surface area contributed by atoms with Gasteiger partial charge in [-0.05, 0) is 11.1 Å². The molecule has 0 aromatic heterocycles. The summed E-state index contributed by atoms with van der Waals surface area (Å²) in [6.07, 6.45) is 0. The summed E-state index contributed by atoms with van der Waals surface area (Å²) in [7, 11) is 0. The molecule has 1 aliphatic rings. The lowest BCUT2D eigenvalue weighted by Crippen LogP contribution is -2.08. The molecule has 102 valence electrons. The Morgan fingerprint density at radius 1 is 0.600 bits per heavy atom. The van der Waals surface area contributed by atoms with E-state index in [0.29, 0.717) is 10.5 Å². The fourth-order valence-electron chi connectivity index (χ4n) is 2.24. The van der Waals surface area contributed by atoms with Gasteiger partial charge < -0.3 is 0 Å². The zero-order valence-electron chi connectivity index (χ0n) is 10.6. The molecule has 3 rings (SSSR count). The summed E-state index contributed by atoms with van der Waals surface area (Å²) in [6, 6.07) is 21.3. The van der Waals surface area contributed by atoms with Crippen LogP contribution >= 0.6 is 48.8 Å². The summed E-state index contributed by atoms with van der Waals surface area (Å²) in [5.74, 6) is 0. The van der Waals surface area contributed by atoms with Gasteiger partial charge in [0.1, 0.15) is 0 Å². The molecule has 0 radical (unpaired) electrons. The van der Waals surface area contributed by atoms with Gasteiger partial charge in [-0.15, -0.1) is 48.8 Å². The van der Waals surface area contributed by atoms with Crippen molar-refractivity contribution in [3.8, 4) is 0 Å². The maximum atomic E-state index is 4.56. The van der Waals surface area contributed by atoms with Gasteiger partial charge in [0.25, 0.3) is 0 Å². The average molecular weight is 335 g/mol. The topological polar surface area (TPSA) is 0 Å². The summed E-state index contributed by atoms with van der Waals surface area (Å²) < 4.78 is 2.03. The summed E-state index contributed by atoms with van der Waals surface area (Å²) in [5.41, 5.74) is 2.68. The molecule has 0 saturated carbocycles. The molecule has 0 spiro atoms. The van der Waals surface area contributed by atoms with E-state index >= 15 is 0 Å². The molecule has 2 aromatic rings. The van der Waals surface area contributed by atoms with Crippen molar-refractivity contribution in [3.05, 3.63) is 80.3 Å². The van der Waals surface area contributed by atoms with Crippen LogP contribution in [0.4, 0.5) is 0 Å². The first-order valence-corrected chi connectivity index (χ1v) is 8.96. The van der Waals surface area contributed by atoms with E-state index in [9.17, 15) is 0 Å². The maximum absolute atomic E-state index is 4.56. The van der Waals surface area contributed by atoms with E-state index in [0.717, 1.165) is 8.47 Å². The SMILES string of the molecule is SC1=C(S)SC(c2ccccc2)C(c2ccccc2)S1. The van der Waals surface area contributed by atoms with Gasteiger partial charge in [-0.3, -0.25) is 0 Å². The first kappa shape index (κ1) is 14.5. The lowest BCUT2D eigenvalue weighted by molar-refractivity contribution is 0.910. The Labute approximate surface area is 139 Å². The maximum Gasteiger partial charge on any atom is 0.0576 e. The Balaban J connectivity index is 2.01. The second-order valence-corrected chi connectivity index (χ2v) is 8.31. The smallest absolute Gasteiger partial charge is 0.0576 e.